The Morgan fingerprint density at radius 1 is 1.32 bits per heavy atom. The molecule has 2 aromatic heterocycles. The summed E-state index contributed by atoms with van der Waals surface area (Å²) in [6.45, 7) is 1.89. The van der Waals surface area contributed by atoms with Gasteiger partial charge < -0.3 is 10.1 Å². The molecule has 0 fully saturated rings. The van der Waals surface area contributed by atoms with Crippen LogP contribution in [-0.4, -0.2) is 38.9 Å². The van der Waals surface area contributed by atoms with Crippen molar-refractivity contribution in [3.63, 3.8) is 0 Å². The van der Waals surface area contributed by atoms with Crippen molar-refractivity contribution in [1.29, 1.82) is 0 Å². The van der Waals surface area contributed by atoms with E-state index in [2.05, 4.69) is 25.5 Å². The molecular formula is C16H17N5O2S2. The number of nitrogens with zero attached hydrogens (tertiary/aromatic N) is 3. The summed E-state index contributed by atoms with van der Waals surface area (Å²) in [5.74, 6) is 1.68. The fourth-order valence-electron chi connectivity index (χ4n) is 2.05. The van der Waals surface area contributed by atoms with E-state index in [1.54, 1.807) is 7.11 Å². The molecular weight excluding hydrogens is 358 g/mol. The van der Waals surface area contributed by atoms with Crippen LogP contribution in [0.2, 0.25) is 0 Å². The number of aryl methyl sites for hydroxylation is 1. The van der Waals surface area contributed by atoms with Gasteiger partial charge in [0.25, 0.3) is 0 Å². The zero-order valence-corrected chi connectivity index (χ0v) is 15.4. The van der Waals surface area contributed by atoms with Crippen LogP contribution in [0.3, 0.4) is 0 Å². The highest BCUT2D eigenvalue weighted by Gasteiger charge is 2.10. The minimum absolute atomic E-state index is 0.124. The number of thioether (sulfide) groups is 1. The second kappa shape index (κ2) is 8.13. The van der Waals surface area contributed by atoms with Crippen LogP contribution in [0, 0.1) is 6.92 Å². The largest absolute Gasteiger partial charge is 0.497 e. The van der Waals surface area contributed by atoms with Gasteiger partial charge in [-0.05, 0) is 24.6 Å². The van der Waals surface area contributed by atoms with Gasteiger partial charge in [0.05, 0.1) is 18.6 Å². The van der Waals surface area contributed by atoms with Crippen molar-refractivity contribution in [2.24, 2.45) is 0 Å². The molecule has 7 nitrogen and oxygen atoms in total. The molecule has 1 amide bonds. The maximum atomic E-state index is 11.9. The number of amides is 1. The lowest BCUT2D eigenvalue weighted by Gasteiger charge is -2.01. The topological polar surface area (TPSA) is 92.8 Å². The number of methoxy groups -OCH3 is 1. The van der Waals surface area contributed by atoms with Gasteiger partial charge in [-0.1, -0.05) is 23.9 Å². The van der Waals surface area contributed by atoms with E-state index in [-0.39, 0.29) is 11.7 Å². The molecule has 2 heterocycles. The van der Waals surface area contributed by atoms with Gasteiger partial charge in [0.2, 0.25) is 11.1 Å². The van der Waals surface area contributed by atoms with Gasteiger partial charge in [-0.2, -0.15) is 0 Å². The van der Waals surface area contributed by atoms with Crippen molar-refractivity contribution in [2.45, 2.75) is 18.5 Å². The standard InChI is InChI=1S/C16H17N5O2S2/c1-10-8-24-15(17-10)19-14(22)9-25-16-18-13(20-21-16)7-11-3-5-12(23-2)6-4-11/h3-6,8H,7,9H2,1-2H3,(H,17,19,22)(H,18,20,21). The number of H-pyrrole nitrogens is 1. The first-order valence-corrected chi connectivity index (χ1v) is 9.38. The van der Waals surface area contributed by atoms with Gasteiger partial charge in [0, 0.05) is 11.8 Å². The number of hydrogen-bond donors (Lipinski definition) is 2. The molecule has 0 spiro atoms. The fourth-order valence-corrected chi connectivity index (χ4v) is 3.38. The van der Waals surface area contributed by atoms with Gasteiger partial charge in [0.15, 0.2) is 5.13 Å². The third-order valence-corrected chi connectivity index (χ3v) is 4.96. The molecule has 0 aliphatic carbocycles. The van der Waals surface area contributed by atoms with Gasteiger partial charge >= 0.3 is 0 Å². The van der Waals surface area contributed by atoms with Crippen molar-refractivity contribution < 1.29 is 9.53 Å². The van der Waals surface area contributed by atoms with Gasteiger partial charge in [0.1, 0.15) is 11.6 Å². The summed E-state index contributed by atoms with van der Waals surface area (Å²) in [4.78, 5) is 20.5. The molecule has 0 saturated carbocycles. The molecule has 3 aromatic rings. The number of nitrogens with one attached hydrogen (secondary N) is 2. The maximum Gasteiger partial charge on any atom is 0.236 e. The van der Waals surface area contributed by atoms with E-state index in [9.17, 15) is 4.79 Å². The highest BCUT2D eigenvalue weighted by molar-refractivity contribution is 7.99. The Balaban J connectivity index is 1.50. The number of benzene rings is 1. The highest BCUT2D eigenvalue weighted by atomic mass is 32.2. The third-order valence-electron chi connectivity index (χ3n) is 3.24. The second-order valence-corrected chi connectivity index (χ2v) is 7.02. The summed E-state index contributed by atoms with van der Waals surface area (Å²) in [6.07, 6.45) is 0.641. The molecule has 9 heteroatoms. The molecule has 25 heavy (non-hydrogen) atoms. The number of anilines is 1. The van der Waals surface area contributed by atoms with Crippen LogP contribution < -0.4 is 10.1 Å². The zero-order chi connectivity index (χ0) is 17.6. The molecule has 1 aromatic carbocycles. The Labute approximate surface area is 153 Å². The van der Waals surface area contributed by atoms with Crippen molar-refractivity contribution in [1.82, 2.24) is 20.2 Å². The quantitative estimate of drug-likeness (QED) is 0.617. The normalized spacial score (nSPS) is 10.6. The summed E-state index contributed by atoms with van der Waals surface area (Å²) in [5.41, 5.74) is 2.00. The summed E-state index contributed by atoms with van der Waals surface area (Å²) < 4.78 is 5.14. The smallest absolute Gasteiger partial charge is 0.236 e. The number of aromatic nitrogens is 4. The summed E-state index contributed by atoms with van der Waals surface area (Å²) >= 11 is 2.69. The molecule has 0 saturated heterocycles. The first-order chi connectivity index (χ1) is 12.1. The van der Waals surface area contributed by atoms with Crippen LogP contribution in [0.5, 0.6) is 5.75 Å². The molecule has 0 radical (unpaired) electrons. The van der Waals surface area contributed by atoms with Crippen molar-refractivity contribution >= 4 is 34.1 Å². The number of carbonyl (C=O) groups excluding carboxylic acids is 1. The monoisotopic (exact) mass is 375 g/mol. The zero-order valence-electron chi connectivity index (χ0n) is 13.8. The molecule has 3 rings (SSSR count). The Morgan fingerprint density at radius 2 is 2.12 bits per heavy atom. The minimum Gasteiger partial charge on any atom is -0.497 e. The van der Waals surface area contributed by atoms with Gasteiger partial charge in [-0.25, -0.2) is 9.97 Å². The Kier molecular flexibility index (Phi) is 5.67. The van der Waals surface area contributed by atoms with E-state index in [4.69, 9.17) is 4.74 Å². The first kappa shape index (κ1) is 17.4. The summed E-state index contributed by atoms with van der Waals surface area (Å²) in [6, 6.07) is 7.79. The van der Waals surface area contributed by atoms with Gasteiger partial charge in [-0.3, -0.25) is 9.89 Å². The molecule has 0 bridgehead atoms. The lowest BCUT2D eigenvalue weighted by molar-refractivity contribution is -0.113. The number of rotatable bonds is 7. The van der Waals surface area contributed by atoms with E-state index >= 15 is 0 Å². The fraction of sp³-hybridized carbons (Fsp3) is 0.250. The number of aromatic amines is 1. The average Bonchev–Trinajstić information content (AvgIpc) is 3.22. The van der Waals surface area contributed by atoms with Crippen LogP contribution in [0.1, 0.15) is 17.1 Å². The second-order valence-electron chi connectivity index (χ2n) is 5.22. The SMILES string of the molecule is COc1ccc(Cc2nc(SCC(=O)Nc3nc(C)cs3)n[nH]2)cc1. The number of ether oxygens (including phenoxy) is 1. The predicted octanol–water partition coefficient (Wildman–Crippen LogP) is 2.90. The van der Waals surface area contributed by atoms with Crippen molar-refractivity contribution in [2.75, 3.05) is 18.2 Å². The average molecular weight is 375 g/mol. The van der Waals surface area contributed by atoms with E-state index in [1.165, 1.54) is 23.1 Å². The van der Waals surface area contributed by atoms with Crippen LogP contribution in [-0.2, 0) is 11.2 Å². The molecule has 130 valence electrons. The summed E-state index contributed by atoms with van der Waals surface area (Å²) in [5, 5.41) is 12.9. The summed E-state index contributed by atoms with van der Waals surface area (Å²) in [7, 11) is 1.64. The van der Waals surface area contributed by atoms with Crippen LogP contribution in [0.15, 0.2) is 34.8 Å². The minimum atomic E-state index is -0.124. The Morgan fingerprint density at radius 3 is 2.80 bits per heavy atom. The highest BCUT2D eigenvalue weighted by Crippen LogP contribution is 2.18. The van der Waals surface area contributed by atoms with E-state index in [1.807, 2.05) is 36.6 Å². The molecule has 0 atom stereocenters. The number of carbonyl (C=O) groups is 1. The lowest BCUT2D eigenvalue weighted by Crippen LogP contribution is -2.13. The molecule has 0 aliphatic rings. The maximum absolute atomic E-state index is 11.9. The van der Waals surface area contributed by atoms with E-state index in [0.29, 0.717) is 16.7 Å². The van der Waals surface area contributed by atoms with Gasteiger partial charge in [-0.15, -0.1) is 16.4 Å². The first-order valence-electron chi connectivity index (χ1n) is 7.51. The van der Waals surface area contributed by atoms with Crippen molar-refractivity contribution in [3.05, 3.63) is 46.7 Å². The van der Waals surface area contributed by atoms with Crippen LogP contribution >= 0.6 is 23.1 Å². The predicted molar refractivity (Wildman–Crippen MR) is 98.4 cm³/mol. The molecule has 2 N–H and O–H groups in total. The lowest BCUT2D eigenvalue weighted by atomic mass is 10.1. The number of thiazole rings is 1. The number of hydrogen-bond acceptors (Lipinski definition) is 7. The Bertz CT molecular complexity index is 844. The van der Waals surface area contributed by atoms with Crippen LogP contribution in [0.4, 0.5) is 5.13 Å². The molecule has 0 aliphatic heterocycles. The molecule has 0 unspecified atom stereocenters. The van der Waals surface area contributed by atoms with Crippen LogP contribution in [0.25, 0.3) is 0 Å². The Hall–Kier alpha value is -2.39. The third kappa shape index (κ3) is 5.04. The van der Waals surface area contributed by atoms with E-state index in [0.717, 1.165) is 22.8 Å². The van der Waals surface area contributed by atoms with Crippen molar-refractivity contribution in [3.8, 4) is 5.75 Å². The van der Waals surface area contributed by atoms with E-state index < -0.39 is 0 Å².